The van der Waals surface area contributed by atoms with Gasteiger partial charge in [0.05, 0.1) is 16.9 Å². The van der Waals surface area contributed by atoms with Crippen LogP contribution in [-0.2, 0) is 6.42 Å². The van der Waals surface area contributed by atoms with Crippen LogP contribution in [0.15, 0.2) is 122 Å². The average Bonchev–Trinajstić information content (AvgIpc) is 3.61. The molecule has 196 valence electrons. The Morgan fingerprint density at radius 2 is 1.75 bits per heavy atom. The van der Waals surface area contributed by atoms with Crippen molar-refractivity contribution in [3.63, 3.8) is 0 Å². The third-order valence-electron chi connectivity index (χ3n) is 7.26. The van der Waals surface area contributed by atoms with Gasteiger partial charge in [0.15, 0.2) is 0 Å². The van der Waals surface area contributed by atoms with E-state index in [2.05, 4.69) is 88.3 Å². The Morgan fingerprint density at radius 1 is 0.900 bits per heavy atom. The molecule has 0 radical (unpaired) electrons. The lowest BCUT2D eigenvalue weighted by atomic mass is 9.97. The first-order valence-corrected chi connectivity index (χ1v) is 13.4. The van der Waals surface area contributed by atoms with Crippen LogP contribution in [0.5, 0.6) is 0 Å². The van der Waals surface area contributed by atoms with Gasteiger partial charge in [-0.25, -0.2) is 4.39 Å². The van der Waals surface area contributed by atoms with Gasteiger partial charge in [-0.2, -0.15) is 5.10 Å². The standard InChI is InChI=1S/C35H29FN4/c1-3-23(13-14-24-9-6-5-7-10-24)19-25(4-2)26-15-16-32-29(21-26)35(40-39-32)33-22-30-31(38-33)17-18-37-34(30)27-11-8-12-28(36)20-27/h3-12,15-22,38H,1,13-14H2,2H3,(H,39,40)/b23-19+,25-4+. The molecule has 40 heavy (non-hydrogen) atoms. The van der Waals surface area contributed by atoms with Crippen LogP contribution in [0.25, 0.3) is 50.0 Å². The van der Waals surface area contributed by atoms with Crippen LogP contribution >= 0.6 is 0 Å². The molecule has 0 aliphatic heterocycles. The van der Waals surface area contributed by atoms with Gasteiger partial charge in [-0.05, 0) is 78.4 Å². The van der Waals surface area contributed by atoms with E-state index in [9.17, 15) is 4.39 Å². The predicted octanol–water partition coefficient (Wildman–Crippen LogP) is 9.06. The van der Waals surface area contributed by atoms with Crippen LogP contribution < -0.4 is 0 Å². The number of aromatic amines is 2. The number of nitrogens with zero attached hydrogens (tertiary/aromatic N) is 2. The van der Waals surface area contributed by atoms with Crippen LogP contribution in [0, 0.1) is 5.82 Å². The molecule has 0 unspecified atom stereocenters. The van der Waals surface area contributed by atoms with E-state index in [1.54, 1.807) is 12.3 Å². The molecule has 0 spiro atoms. The minimum absolute atomic E-state index is 0.286. The zero-order chi connectivity index (χ0) is 27.5. The van der Waals surface area contributed by atoms with Crippen molar-refractivity contribution in [1.82, 2.24) is 20.2 Å². The van der Waals surface area contributed by atoms with Gasteiger partial charge < -0.3 is 4.98 Å². The van der Waals surface area contributed by atoms with Gasteiger partial charge >= 0.3 is 0 Å². The van der Waals surface area contributed by atoms with Gasteiger partial charge in [0.2, 0.25) is 0 Å². The molecule has 3 heterocycles. The lowest BCUT2D eigenvalue weighted by molar-refractivity contribution is 0.628. The number of nitrogens with one attached hydrogen (secondary N) is 2. The number of benzene rings is 3. The molecule has 0 atom stereocenters. The van der Waals surface area contributed by atoms with Crippen molar-refractivity contribution in [1.29, 1.82) is 0 Å². The van der Waals surface area contributed by atoms with Gasteiger partial charge in [0.1, 0.15) is 11.5 Å². The largest absolute Gasteiger partial charge is 0.353 e. The zero-order valence-electron chi connectivity index (χ0n) is 22.3. The Hall–Kier alpha value is -5.03. The Kier molecular flexibility index (Phi) is 6.94. The molecule has 0 aliphatic carbocycles. The summed E-state index contributed by atoms with van der Waals surface area (Å²) in [4.78, 5) is 8.05. The summed E-state index contributed by atoms with van der Waals surface area (Å²) in [6.07, 6.45) is 9.92. The summed E-state index contributed by atoms with van der Waals surface area (Å²) in [7, 11) is 0. The highest BCUT2D eigenvalue weighted by Crippen LogP contribution is 2.34. The van der Waals surface area contributed by atoms with Crippen molar-refractivity contribution in [2.45, 2.75) is 19.8 Å². The maximum atomic E-state index is 13.9. The number of fused-ring (bicyclic) bond motifs is 2. The minimum Gasteiger partial charge on any atom is -0.353 e. The monoisotopic (exact) mass is 524 g/mol. The molecular formula is C35H29FN4. The SMILES string of the molecule is C=C/C(=C\C(=C/C)c1ccc2[nH]nc(-c3cc4c(-c5cccc(F)c5)nccc4[nH]3)c2c1)CCc1ccccc1. The first-order chi connectivity index (χ1) is 19.6. The predicted molar refractivity (Wildman–Crippen MR) is 163 cm³/mol. The van der Waals surface area contributed by atoms with E-state index in [1.165, 1.54) is 23.3 Å². The highest BCUT2D eigenvalue weighted by molar-refractivity contribution is 6.00. The normalized spacial score (nSPS) is 12.3. The summed E-state index contributed by atoms with van der Waals surface area (Å²) in [6.45, 7) is 6.12. The van der Waals surface area contributed by atoms with Gasteiger partial charge in [-0.3, -0.25) is 10.1 Å². The average molecular weight is 525 g/mol. The number of rotatable bonds is 8. The van der Waals surface area contributed by atoms with E-state index in [0.717, 1.165) is 68.4 Å². The Morgan fingerprint density at radius 3 is 2.55 bits per heavy atom. The van der Waals surface area contributed by atoms with E-state index in [0.29, 0.717) is 0 Å². The number of halogens is 1. The molecular weight excluding hydrogens is 495 g/mol. The molecule has 0 aliphatic rings. The number of hydrogen-bond donors (Lipinski definition) is 2. The molecule has 6 rings (SSSR count). The molecule has 3 aromatic heterocycles. The third-order valence-corrected chi connectivity index (χ3v) is 7.26. The molecule has 6 aromatic rings. The maximum Gasteiger partial charge on any atom is 0.123 e. The number of hydrogen-bond acceptors (Lipinski definition) is 2. The van der Waals surface area contributed by atoms with Crippen molar-refractivity contribution in [3.8, 4) is 22.6 Å². The van der Waals surface area contributed by atoms with Gasteiger partial charge in [0, 0.05) is 28.0 Å². The fourth-order valence-electron chi connectivity index (χ4n) is 5.15. The first-order valence-electron chi connectivity index (χ1n) is 13.4. The van der Waals surface area contributed by atoms with E-state index in [1.807, 2.05) is 30.3 Å². The van der Waals surface area contributed by atoms with E-state index in [4.69, 9.17) is 0 Å². The molecule has 0 saturated heterocycles. The number of aryl methyl sites for hydroxylation is 1. The molecule has 0 amide bonds. The summed E-state index contributed by atoms with van der Waals surface area (Å²) in [6, 6.07) is 27.4. The molecule has 0 saturated carbocycles. The number of H-pyrrole nitrogens is 2. The molecule has 5 heteroatoms. The summed E-state index contributed by atoms with van der Waals surface area (Å²) >= 11 is 0. The van der Waals surface area contributed by atoms with Crippen LogP contribution in [0.1, 0.15) is 24.5 Å². The van der Waals surface area contributed by atoms with Crippen LogP contribution in [0.3, 0.4) is 0 Å². The molecule has 0 bridgehead atoms. The topological polar surface area (TPSA) is 57.4 Å². The van der Waals surface area contributed by atoms with Gasteiger partial charge in [0.25, 0.3) is 0 Å². The van der Waals surface area contributed by atoms with E-state index >= 15 is 0 Å². The quantitative estimate of drug-likeness (QED) is 0.195. The second kappa shape index (κ2) is 11.0. The Bertz CT molecular complexity index is 1890. The minimum atomic E-state index is -0.286. The Labute approximate surface area is 232 Å². The number of allylic oxidation sites excluding steroid dienone is 5. The van der Waals surface area contributed by atoms with Crippen LogP contribution in [0.4, 0.5) is 4.39 Å². The van der Waals surface area contributed by atoms with Gasteiger partial charge in [-0.1, -0.05) is 73.3 Å². The fraction of sp³-hybridized carbons (Fsp3) is 0.0857. The Balaban J connectivity index is 1.35. The van der Waals surface area contributed by atoms with Crippen molar-refractivity contribution >= 4 is 27.4 Å². The number of pyridine rings is 1. The summed E-state index contributed by atoms with van der Waals surface area (Å²) in [5.41, 5.74) is 9.78. The van der Waals surface area contributed by atoms with Gasteiger partial charge in [-0.15, -0.1) is 0 Å². The molecule has 0 fully saturated rings. The second-order valence-electron chi connectivity index (χ2n) is 9.80. The number of aromatic nitrogens is 4. The van der Waals surface area contributed by atoms with Crippen molar-refractivity contribution in [2.24, 2.45) is 0 Å². The smallest absolute Gasteiger partial charge is 0.123 e. The molecule has 4 nitrogen and oxygen atoms in total. The van der Waals surface area contributed by atoms with Crippen molar-refractivity contribution < 1.29 is 4.39 Å². The van der Waals surface area contributed by atoms with E-state index < -0.39 is 0 Å². The summed E-state index contributed by atoms with van der Waals surface area (Å²) in [5, 5.41) is 9.76. The van der Waals surface area contributed by atoms with Crippen LogP contribution in [0.2, 0.25) is 0 Å². The first kappa shape index (κ1) is 25.3. The van der Waals surface area contributed by atoms with Crippen molar-refractivity contribution in [3.05, 3.63) is 138 Å². The summed E-state index contributed by atoms with van der Waals surface area (Å²) < 4.78 is 13.9. The third kappa shape index (κ3) is 5.02. The fourth-order valence-corrected chi connectivity index (χ4v) is 5.15. The second-order valence-corrected chi connectivity index (χ2v) is 9.80. The zero-order valence-corrected chi connectivity index (χ0v) is 22.3. The summed E-state index contributed by atoms with van der Waals surface area (Å²) in [5.74, 6) is -0.286. The molecule has 2 N–H and O–H groups in total. The van der Waals surface area contributed by atoms with Crippen molar-refractivity contribution in [2.75, 3.05) is 0 Å². The highest BCUT2D eigenvalue weighted by atomic mass is 19.1. The lowest BCUT2D eigenvalue weighted by Crippen LogP contribution is -1.89. The lowest BCUT2D eigenvalue weighted by Gasteiger charge is -2.07. The molecule has 3 aromatic carbocycles. The maximum absolute atomic E-state index is 13.9. The van der Waals surface area contributed by atoms with Crippen LogP contribution in [-0.4, -0.2) is 20.2 Å². The van der Waals surface area contributed by atoms with E-state index in [-0.39, 0.29) is 5.82 Å². The highest BCUT2D eigenvalue weighted by Gasteiger charge is 2.15.